The van der Waals surface area contributed by atoms with Crippen LogP contribution in [-0.4, -0.2) is 26.0 Å². The molecule has 3 aromatic rings. The van der Waals surface area contributed by atoms with Crippen molar-refractivity contribution in [3.8, 4) is 51.6 Å². The summed E-state index contributed by atoms with van der Waals surface area (Å²) in [6.45, 7) is 0.199. The fourth-order valence-electron chi connectivity index (χ4n) is 3.68. The van der Waals surface area contributed by atoms with Gasteiger partial charge in [-0.3, -0.25) is 0 Å². The summed E-state index contributed by atoms with van der Waals surface area (Å²) in [5, 5.41) is 9.91. The first-order valence-corrected chi connectivity index (χ1v) is 9.94. The minimum atomic E-state index is 0.199. The van der Waals surface area contributed by atoms with E-state index in [2.05, 4.69) is 6.07 Å². The molecule has 0 bridgehead atoms. The summed E-state index contributed by atoms with van der Waals surface area (Å²) in [7, 11) is 3.17. The fraction of sp³-hybridized carbons (Fsp3) is 0.182. The van der Waals surface area contributed by atoms with Crippen molar-refractivity contribution in [2.45, 2.75) is 10.6 Å². The Kier molecular flexibility index (Phi) is 4.22. The van der Waals surface area contributed by atoms with Crippen molar-refractivity contribution < 1.29 is 18.9 Å². The Morgan fingerprint density at radius 3 is 2.72 bits per heavy atom. The van der Waals surface area contributed by atoms with Crippen molar-refractivity contribution in [3.05, 3.63) is 47.5 Å². The third kappa shape index (κ3) is 2.76. The van der Waals surface area contributed by atoms with Crippen LogP contribution in [0.4, 0.5) is 0 Å². The normalized spacial score (nSPS) is 13.3. The van der Waals surface area contributed by atoms with Crippen LogP contribution in [0.2, 0.25) is 0 Å². The van der Waals surface area contributed by atoms with Gasteiger partial charge in [0.1, 0.15) is 17.4 Å². The number of nitrogens with zero attached hydrogens (tertiary/aromatic N) is 2. The van der Waals surface area contributed by atoms with Crippen molar-refractivity contribution in [3.63, 3.8) is 0 Å². The molecule has 144 valence electrons. The predicted molar refractivity (Wildman–Crippen MR) is 109 cm³/mol. The molecule has 0 radical (unpaired) electrons. The van der Waals surface area contributed by atoms with Gasteiger partial charge < -0.3 is 18.9 Å². The number of fused-ring (bicyclic) bond motifs is 4. The number of hydrogen-bond acceptors (Lipinski definition) is 7. The molecule has 2 aliphatic heterocycles. The number of aromatic nitrogens is 1. The third-order valence-corrected chi connectivity index (χ3v) is 6.15. The Morgan fingerprint density at radius 1 is 1.07 bits per heavy atom. The van der Waals surface area contributed by atoms with Gasteiger partial charge in [0.15, 0.2) is 11.5 Å². The van der Waals surface area contributed by atoms with Gasteiger partial charge in [0.2, 0.25) is 12.7 Å². The lowest BCUT2D eigenvalue weighted by Gasteiger charge is -2.24. The lowest BCUT2D eigenvalue weighted by atomic mass is 9.92. The molecule has 5 rings (SSSR count). The van der Waals surface area contributed by atoms with Gasteiger partial charge >= 0.3 is 0 Å². The number of hydrogen-bond donors (Lipinski definition) is 0. The molecular weight excluding hydrogens is 388 g/mol. The first-order valence-electron chi connectivity index (χ1n) is 8.95. The van der Waals surface area contributed by atoms with E-state index < -0.39 is 0 Å². The smallest absolute Gasteiger partial charge is 0.232 e. The topological polar surface area (TPSA) is 73.6 Å². The first-order chi connectivity index (χ1) is 14.2. The second-order valence-electron chi connectivity index (χ2n) is 6.53. The molecule has 0 saturated heterocycles. The molecule has 3 heterocycles. The predicted octanol–water partition coefficient (Wildman–Crippen LogP) is 4.64. The van der Waals surface area contributed by atoms with E-state index in [1.807, 2.05) is 36.4 Å². The molecule has 1 aromatic heterocycles. The number of ether oxygens (including phenoxy) is 4. The molecule has 0 spiro atoms. The summed E-state index contributed by atoms with van der Waals surface area (Å²) in [5.41, 5.74) is 4.87. The Labute approximate surface area is 172 Å². The summed E-state index contributed by atoms with van der Waals surface area (Å²) in [5.74, 6) is 3.13. The van der Waals surface area contributed by atoms with Crippen LogP contribution in [0, 0.1) is 11.3 Å². The second-order valence-corrected chi connectivity index (χ2v) is 7.55. The molecule has 2 aromatic carbocycles. The molecule has 0 fully saturated rings. The van der Waals surface area contributed by atoms with Crippen molar-refractivity contribution in [2.75, 3.05) is 21.0 Å². The Balaban J connectivity index is 1.80. The van der Waals surface area contributed by atoms with Crippen LogP contribution in [-0.2, 0) is 5.75 Å². The molecule has 0 saturated carbocycles. The summed E-state index contributed by atoms with van der Waals surface area (Å²) in [6.07, 6.45) is 0. The molecule has 6 nitrogen and oxygen atoms in total. The van der Waals surface area contributed by atoms with E-state index in [9.17, 15) is 5.26 Å². The van der Waals surface area contributed by atoms with Crippen molar-refractivity contribution >= 4 is 11.8 Å². The van der Waals surface area contributed by atoms with Crippen molar-refractivity contribution in [1.82, 2.24) is 4.98 Å². The molecule has 0 amide bonds. The standard InChI is InChI=1S/C22H16N2O4S/c1-25-13-4-6-19-14(8-13)21-16(10-29-19)20(15(9-23)22(24-21)26-2)12-3-5-17-18(7-12)28-11-27-17/h3-8H,10-11H2,1-2H3. The van der Waals surface area contributed by atoms with Gasteiger partial charge in [-0.2, -0.15) is 5.26 Å². The van der Waals surface area contributed by atoms with Gasteiger partial charge in [0.05, 0.1) is 19.9 Å². The van der Waals surface area contributed by atoms with Gasteiger partial charge in [-0.15, -0.1) is 11.8 Å². The minimum absolute atomic E-state index is 0.199. The van der Waals surface area contributed by atoms with Crippen LogP contribution >= 0.6 is 11.8 Å². The van der Waals surface area contributed by atoms with Crippen LogP contribution in [0.3, 0.4) is 0 Å². The van der Waals surface area contributed by atoms with Crippen LogP contribution in [0.15, 0.2) is 41.3 Å². The van der Waals surface area contributed by atoms with Gasteiger partial charge in [0, 0.05) is 21.8 Å². The van der Waals surface area contributed by atoms with Gasteiger partial charge in [-0.05, 0) is 41.5 Å². The van der Waals surface area contributed by atoms with Crippen LogP contribution in [0.5, 0.6) is 23.1 Å². The molecule has 0 N–H and O–H groups in total. The number of benzene rings is 2. The van der Waals surface area contributed by atoms with Gasteiger partial charge in [0.25, 0.3) is 0 Å². The molecule has 0 unspecified atom stereocenters. The zero-order valence-corrected chi connectivity index (χ0v) is 16.6. The number of pyridine rings is 1. The lowest BCUT2D eigenvalue weighted by Crippen LogP contribution is -2.07. The number of thioether (sulfide) groups is 1. The SMILES string of the molecule is COc1ccc2c(c1)-c1nc(OC)c(C#N)c(-c3ccc4c(c3)OCO4)c1CS2. The fourth-order valence-corrected chi connectivity index (χ4v) is 4.74. The number of nitriles is 1. The van der Waals surface area contributed by atoms with E-state index >= 15 is 0 Å². The highest BCUT2D eigenvalue weighted by atomic mass is 32.2. The zero-order chi connectivity index (χ0) is 20.0. The van der Waals surface area contributed by atoms with E-state index in [0.29, 0.717) is 28.7 Å². The summed E-state index contributed by atoms with van der Waals surface area (Å²) >= 11 is 1.72. The highest BCUT2D eigenvalue weighted by Crippen LogP contribution is 2.48. The molecule has 2 aliphatic rings. The summed E-state index contributed by atoms with van der Waals surface area (Å²) < 4.78 is 21.9. The largest absolute Gasteiger partial charge is 0.497 e. The number of rotatable bonds is 3. The van der Waals surface area contributed by atoms with E-state index in [1.54, 1.807) is 18.9 Å². The van der Waals surface area contributed by atoms with Gasteiger partial charge in [-0.25, -0.2) is 4.98 Å². The Hall–Kier alpha value is -3.37. The number of methoxy groups -OCH3 is 2. The highest BCUT2D eigenvalue weighted by molar-refractivity contribution is 7.98. The van der Waals surface area contributed by atoms with E-state index in [-0.39, 0.29) is 6.79 Å². The van der Waals surface area contributed by atoms with Gasteiger partial charge in [-0.1, -0.05) is 6.07 Å². The molecule has 29 heavy (non-hydrogen) atoms. The van der Waals surface area contributed by atoms with E-state index in [0.717, 1.165) is 38.6 Å². The van der Waals surface area contributed by atoms with E-state index in [1.165, 1.54) is 7.11 Å². The molecule has 7 heteroatoms. The van der Waals surface area contributed by atoms with Crippen LogP contribution in [0.1, 0.15) is 11.1 Å². The van der Waals surface area contributed by atoms with Crippen LogP contribution in [0.25, 0.3) is 22.4 Å². The van der Waals surface area contributed by atoms with Crippen molar-refractivity contribution in [1.29, 1.82) is 5.26 Å². The Bertz CT molecular complexity index is 1190. The monoisotopic (exact) mass is 404 g/mol. The maximum Gasteiger partial charge on any atom is 0.232 e. The average molecular weight is 404 g/mol. The first kappa shape index (κ1) is 17.7. The zero-order valence-electron chi connectivity index (χ0n) is 15.8. The van der Waals surface area contributed by atoms with Crippen molar-refractivity contribution in [2.24, 2.45) is 0 Å². The third-order valence-electron chi connectivity index (χ3n) is 5.05. The minimum Gasteiger partial charge on any atom is -0.497 e. The molecule has 0 atom stereocenters. The molecular formula is C22H16N2O4S. The highest BCUT2D eigenvalue weighted by Gasteiger charge is 2.28. The Morgan fingerprint density at radius 2 is 1.93 bits per heavy atom. The summed E-state index contributed by atoms with van der Waals surface area (Å²) in [6, 6.07) is 13.9. The maximum atomic E-state index is 9.91. The maximum absolute atomic E-state index is 9.91. The van der Waals surface area contributed by atoms with Crippen LogP contribution < -0.4 is 18.9 Å². The lowest BCUT2D eigenvalue weighted by molar-refractivity contribution is 0.174. The molecule has 0 aliphatic carbocycles. The summed E-state index contributed by atoms with van der Waals surface area (Å²) in [4.78, 5) is 5.83. The quantitative estimate of drug-likeness (QED) is 0.630. The van der Waals surface area contributed by atoms with E-state index in [4.69, 9.17) is 23.9 Å². The average Bonchev–Trinajstić information content (AvgIpc) is 3.24. The second kappa shape index (κ2) is 6.90.